The van der Waals surface area contributed by atoms with Crippen LogP contribution >= 0.6 is 11.3 Å². The van der Waals surface area contributed by atoms with E-state index in [4.69, 9.17) is 0 Å². The first-order chi connectivity index (χ1) is 9.95. The first kappa shape index (κ1) is 15.6. The summed E-state index contributed by atoms with van der Waals surface area (Å²) in [4.78, 5) is 16.3. The van der Waals surface area contributed by atoms with Crippen LogP contribution in [0.15, 0.2) is 11.7 Å². The van der Waals surface area contributed by atoms with Gasteiger partial charge in [0.2, 0.25) is 5.91 Å². The molecule has 2 aromatic rings. The van der Waals surface area contributed by atoms with Gasteiger partial charge in [-0.15, -0.1) is 16.4 Å². The Labute approximate surface area is 127 Å². The fourth-order valence-electron chi connectivity index (χ4n) is 1.68. The molecule has 2 aromatic heterocycles. The fourth-order valence-corrected chi connectivity index (χ4v) is 2.64. The number of tetrazole rings is 1. The van der Waals surface area contributed by atoms with E-state index in [1.165, 1.54) is 0 Å². The number of aromatic nitrogens is 5. The maximum absolute atomic E-state index is 11.8. The Kier molecular flexibility index (Phi) is 5.00. The molecule has 1 N–H and O–H groups in total. The summed E-state index contributed by atoms with van der Waals surface area (Å²) < 4.78 is 1.61. The summed E-state index contributed by atoms with van der Waals surface area (Å²) in [6.07, 6.45) is 2.71. The SMILES string of the molecule is CC(C)(C)c1csc(CNC(=O)CCCn2cnnn2)n1. The second-order valence-corrected chi connectivity index (χ2v) is 6.77. The quantitative estimate of drug-likeness (QED) is 0.874. The van der Waals surface area contributed by atoms with Crippen LogP contribution < -0.4 is 5.32 Å². The van der Waals surface area contributed by atoms with E-state index in [1.54, 1.807) is 22.3 Å². The molecule has 0 saturated carbocycles. The van der Waals surface area contributed by atoms with Gasteiger partial charge in [-0.3, -0.25) is 4.79 Å². The van der Waals surface area contributed by atoms with Gasteiger partial charge in [0.15, 0.2) is 0 Å². The van der Waals surface area contributed by atoms with E-state index in [9.17, 15) is 4.79 Å². The molecule has 0 atom stereocenters. The van der Waals surface area contributed by atoms with Crippen LogP contribution in [-0.4, -0.2) is 31.1 Å². The van der Waals surface area contributed by atoms with Crippen molar-refractivity contribution < 1.29 is 4.79 Å². The maximum Gasteiger partial charge on any atom is 0.220 e. The number of hydrogen-bond acceptors (Lipinski definition) is 6. The van der Waals surface area contributed by atoms with Gasteiger partial charge in [0.05, 0.1) is 12.2 Å². The highest BCUT2D eigenvalue weighted by molar-refractivity contribution is 7.09. The number of amides is 1. The molecule has 0 aliphatic carbocycles. The average Bonchev–Trinajstić information content (AvgIpc) is 3.06. The van der Waals surface area contributed by atoms with Crippen molar-refractivity contribution in [3.8, 4) is 0 Å². The molecule has 8 heteroatoms. The molecule has 0 aromatic carbocycles. The number of aryl methyl sites for hydroxylation is 1. The van der Waals surface area contributed by atoms with Crippen LogP contribution in [0.3, 0.4) is 0 Å². The summed E-state index contributed by atoms with van der Waals surface area (Å²) in [5.74, 6) is 0.0237. The van der Waals surface area contributed by atoms with Gasteiger partial charge in [0.25, 0.3) is 0 Å². The van der Waals surface area contributed by atoms with Crippen molar-refractivity contribution in [2.75, 3.05) is 0 Å². The Morgan fingerprint density at radius 1 is 1.43 bits per heavy atom. The molecule has 0 unspecified atom stereocenters. The molecule has 0 bridgehead atoms. The van der Waals surface area contributed by atoms with Crippen molar-refractivity contribution in [1.29, 1.82) is 0 Å². The molecule has 0 aliphatic rings. The highest BCUT2D eigenvalue weighted by atomic mass is 32.1. The molecule has 0 radical (unpaired) electrons. The first-order valence-electron chi connectivity index (χ1n) is 6.87. The van der Waals surface area contributed by atoms with E-state index in [2.05, 4.69) is 52.0 Å². The van der Waals surface area contributed by atoms with Gasteiger partial charge >= 0.3 is 0 Å². The van der Waals surface area contributed by atoms with Crippen LogP contribution in [0, 0.1) is 0 Å². The van der Waals surface area contributed by atoms with E-state index in [1.807, 2.05) is 0 Å². The topological polar surface area (TPSA) is 85.6 Å². The Balaban J connectivity index is 1.70. The molecule has 0 saturated heterocycles. The molecular formula is C13H20N6OS. The number of hydrogen-bond donors (Lipinski definition) is 1. The maximum atomic E-state index is 11.8. The Morgan fingerprint density at radius 3 is 2.86 bits per heavy atom. The highest BCUT2D eigenvalue weighted by Gasteiger charge is 2.17. The second-order valence-electron chi connectivity index (χ2n) is 5.83. The molecule has 2 rings (SSSR count). The van der Waals surface area contributed by atoms with Crippen molar-refractivity contribution in [2.45, 2.75) is 52.1 Å². The molecule has 0 aliphatic heterocycles. The first-order valence-corrected chi connectivity index (χ1v) is 7.75. The summed E-state index contributed by atoms with van der Waals surface area (Å²) in [5, 5.41) is 16.7. The summed E-state index contributed by atoms with van der Waals surface area (Å²) in [7, 11) is 0. The number of nitrogens with one attached hydrogen (secondary N) is 1. The average molecular weight is 308 g/mol. The molecular weight excluding hydrogens is 288 g/mol. The fraction of sp³-hybridized carbons (Fsp3) is 0.615. The summed E-state index contributed by atoms with van der Waals surface area (Å²) >= 11 is 1.58. The molecule has 114 valence electrons. The van der Waals surface area contributed by atoms with Crippen LogP contribution in [0.1, 0.15) is 44.3 Å². The van der Waals surface area contributed by atoms with Crippen molar-refractivity contribution in [1.82, 2.24) is 30.5 Å². The molecule has 2 heterocycles. The minimum atomic E-state index is 0.0237. The van der Waals surface area contributed by atoms with Crippen molar-refractivity contribution in [3.05, 3.63) is 22.4 Å². The van der Waals surface area contributed by atoms with E-state index in [0.717, 1.165) is 10.7 Å². The van der Waals surface area contributed by atoms with Crippen molar-refractivity contribution >= 4 is 17.2 Å². The van der Waals surface area contributed by atoms with Crippen LogP contribution in [0.5, 0.6) is 0 Å². The lowest BCUT2D eigenvalue weighted by atomic mass is 9.93. The van der Waals surface area contributed by atoms with Gasteiger partial charge < -0.3 is 5.32 Å². The zero-order valence-corrected chi connectivity index (χ0v) is 13.4. The van der Waals surface area contributed by atoms with Crippen LogP contribution in [0.25, 0.3) is 0 Å². The Hall–Kier alpha value is -1.83. The third-order valence-corrected chi connectivity index (χ3v) is 3.79. The minimum absolute atomic E-state index is 0.0237. The minimum Gasteiger partial charge on any atom is -0.350 e. The van der Waals surface area contributed by atoms with E-state index >= 15 is 0 Å². The van der Waals surface area contributed by atoms with Crippen LogP contribution in [0.4, 0.5) is 0 Å². The summed E-state index contributed by atoms with van der Waals surface area (Å²) in [5.41, 5.74) is 1.11. The molecule has 0 spiro atoms. The summed E-state index contributed by atoms with van der Waals surface area (Å²) in [6.45, 7) is 7.52. The normalized spacial score (nSPS) is 11.6. The van der Waals surface area contributed by atoms with Gasteiger partial charge in [0, 0.05) is 23.8 Å². The number of rotatable bonds is 6. The third kappa shape index (κ3) is 4.89. The van der Waals surface area contributed by atoms with E-state index in [-0.39, 0.29) is 11.3 Å². The van der Waals surface area contributed by atoms with E-state index < -0.39 is 0 Å². The van der Waals surface area contributed by atoms with Crippen LogP contribution in [-0.2, 0) is 23.3 Å². The van der Waals surface area contributed by atoms with Gasteiger partial charge in [-0.2, -0.15) is 0 Å². The lowest BCUT2D eigenvalue weighted by Gasteiger charge is -2.14. The number of thiazole rings is 1. The number of carbonyl (C=O) groups is 1. The largest absolute Gasteiger partial charge is 0.350 e. The van der Waals surface area contributed by atoms with Crippen molar-refractivity contribution in [3.63, 3.8) is 0 Å². The van der Waals surface area contributed by atoms with Gasteiger partial charge in [-0.05, 0) is 16.8 Å². The lowest BCUT2D eigenvalue weighted by molar-refractivity contribution is -0.121. The zero-order chi connectivity index (χ0) is 15.3. The Bertz CT molecular complexity index is 572. The van der Waals surface area contributed by atoms with Gasteiger partial charge in [-0.25, -0.2) is 9.67 Å². The second kappa shape index (κ2) is 6.75. The molecule has 21 heavy (non-hydrogen) atoms. The van der Waals surface area contributed by atoms with Crippen LogP contribution in [0.2, 0.25) is 0 Å². The number of carbonyl (C=O) groups excluding carboxylic acids is 1. The molecule has 1 amide bonds. The Morgan fingerprint density at radius 2 is 2.24 bits per heavy atom. The van der Waals surface area contributed by atoms with Gasteiger partial charge in [0.1, 0.15) is 11.3 Å². The zero-order valence-electron chi connectivity index (χ0n) is 12.5. The van der Waals surface area contributed by atoms with E-state index in [0.29, 0.717) is 25.9 Å². The standard InChI is InChI=1S/C13H20N6OS/c1-13(2,3)10-8-21-12(16-10)7-14-11(20)5-4-6-19-9-15-17-18-19/h8-9H,4-7H2,1-3H3,(H,14,20). The van der Waals surface area contributed by atoms with Crippen molar-refractivity contribution in [2.24, 2.45) is 0 Å². The third-order valence-electron chi connectivity index (χ3n) is 2.94. The number of nitrogens with zero attached hydrogens (tertiary/aromatic N) is 5. The highest BCUT2D eigenvalue weighted by Crippen LogP contribution is 2.23. The van der Waals surface area contributed by atoms with Gasteiger partial charge in [-0.1, -0.05) is 20.8 Å². The smallest absolute Gasteiger partial charge is 0.220 e. The lowest BCUT2D eigenvalue weighted by Crippen LogP contribution is -2.23. The monoisotopic (exact) mass is 308 g/mol. The predicted octanol–water partition coefficient (Wildman–Crippen LogP) is 1.52. The molecule has 0 fully saturated rings. The molecule has 7 nitrogen and oxygen atoms in total. The predicted molar refractivity (Wildman–Crippen MR) is 79.7 cm³/mol. The summed E-state index contributed by atoms with van der Waals surface area (Å²) in [6, 6.07) is 0.